The van der Waals surface area contributed by atoms with E-state index in [1.165, 1.54) is 25.7 Å². The van der Waals surface area contributed by atoms with Crippen molar-refractivity contribution in [2.45, 2.75) is 52.0 Å². The topological polar surface area (TPSA) is 55.0 Å². The van der Waals surface area contributed by atoms with Gasteiger partial charge in [-0.05, 0) is 25.2 Å². The summed E-state index contributed by atoms with van der Waals surface area (Å²) in [6.45, 7) is 4.45. The van der Waals surface area contributed by atoms with Crippen LogP contribution in [0.5, 0.6) is 0 Å². The van der Waals surface area contributed by atoms with E-state index in [-0.39, 0.29) is 0 Å². The maximum atomic E-state index is 5.96. The van der Waals surface area contributed by atoms with Gasteiger partial charge < -0.3 is 10.6 Å². The van der Waals surface area contributed by atoms with E-state index >= 15 is 0 Å². The van der Waals surface area contributed by atoms with Crippen LogP contribution in [-0.4, -0.2) is 23.1 Å². The maximum absolute atomic E-state index is 5.96. The molecule has 2 rings (SSSR count). The Balaban J connectivity index is 2.27. The summed E-state index contributed by atoms with van der Waals surface area (Å²) in [5.41, 5.74) is 7.04. The van der Waals surface area contributed by atoms with Gasteiger partial charge in [-0.25, -0.2) is 9.97 Å². The van der Waals surface area contributed by atoms with Crippen molar-refractivity contribution < 1.29 is 0 Å². The van der Waals surface area contributed by atoms with Gasteiger partial charge in [-0.2, -0.15) is 0 Å². The highest BCUT2D eigenvalue weighted by molar-refractivity contribution is 5.56. The third-order valence-electron chi connectivity index (χ3n) is 4.21. The number of nitrogens with zero attached hydrogens (tertiary/aromatic N) is 3. The maximum Gasteiger partial charge on any atom is 0.137 e. The zero-order valence-corrected chi connectivity index (χ0v) is 11.7. The van der Waals surface area contributed by atoms with Crippen LogP contribution in [0.4, 0.5) is 11.6 Å². The van der Waals surface area contributed by atoms with Gasteiger partial charge in [-0.15, -0.1) is 0 Å². The lowest BCUT2D eigenvalue weighted by molar-refractivity contribution is 0.320. The van der Waals surface area contributed by atoms with Crippen LogP contribution in [0.15, 0.2) is 6.33 Å². The fourth-order valence-corrected chi connectivity index (χ4v) is 3.09. The molecule has 0 aromatic carbocycles. The second-order valence-corrected chi connectivity index (χ2v) is 5.35. The first-order valence-corrected chi connectivity index (χ1v) is 6.97. The highest BCUT2D eigenvalue weighted by Gasteiger charge is 2.27. The predicted molar refractivity (Wildman–Crippen MR) is 75.6 cm³/mol. The summed E-state index contributed by atoms with van der Waals surface area (Å²) in [5, 5.41) is 0. The molecule has 0 bridgehead atoms. The van der Waals surface area contributed by atoms with E-state index in [0.717, 1.165) is 23.7 Å². The lowest BCUT2D eigenvalue weighted by Gasteiger charge is -2.37. The van der Waals surface area contributed by atoms with Gasteiger partial charge in [-0.1, -0.05) is 26.7 Å². The minimum atomic E-state index is 0.582. The second-order valence-electron chi connectivity index (χ2n) is 5.35. The van der Waals surface area contributed by atoms with Crippen LogP contribution >= 0.6 is 0 Å². The molecule has 0 aliphatic heterocycles. The monoisotopic (exact) mass is 248 g/mol. The third kappa shape index (κ3) is 2.42. The molecule has 1 aliphatic rings. The molecule has 0 amide bonds. The van der Waals surface area contributed by atoms with Crippen LogP contribution in [-0.2, 0) is 6.42 Å². The Kier molecular flexibility index (Phi) is 4.04. The third-order valence-corrected chi connectivity index (χ3v) is 4.21. The van der Waals surface area contributed by atoms with Crippen LogP contribution < -0.4 is 10.6 Å². The lowest BCUT2D eigenvalue weighted by Crippen LogP contribution is -2.40. The van der Waals surface area contributed by atoms with Gasteiger partial charge in [0.25, 0.3) is 0 Å². The van der Waals surface area contributed by atoms with Crippen molar-refractivity contribution in [2.75, 3.05) is 17.7 Å². The Morgan fingerprint density at radius 3 is 2.72 bits per heavy atom. The molecule has 0 radical (unpaired) electrons. The zero-order valence-electron chi connectivity index (χ0n) is 11.7. The fraction of sp³-hybridized carbons (Fsp3) is 0.714. The van der Waals surface area contributed by atoms with Crippen molar-refractivity contribution in [3.63, 3.8) is 0 Å². The number of hydrogen-bond donors (Lipinski definition) is 1. The van der Waals surface area contributed by atoms with Crippen molar-refractivity contribution in [3.8, 4) is 0 Å². The molecule has 4 nitrogen and oxygen atoms in total. The summed E-state index contributed by atoms with van der Waals surface area (Å²) < 4.78 is 0. The largest absolute Gasteiger partial charge is 0.383 e. The summed E-state index contributed by atoms with van der Waals surface area (Å²) in [6.07, 6.45) is 7.71. The minimum absolute atomic E-state index is 0.582. The van der Waals surface area contributed by atoms with E-state index in [2.05, 4.69) is 35.8 Å². The first kappa shape index (κ1) is 13.1. The molecule has 2 N–H and O–H groups in total. The number of nitrogen functional groups attached to an aromatic ring is 1. The predicted octanol–water partition coefficient (Wildman–Crippen LogP) is 2.64. The van der Waals surface area contributed by atoms with Gasteiger partial charge >= 0.3 is 0 Å². The molecule has 2 atom stereocenters. The zero-order chi connectivity index (χ0) is 13.1. The molecule has 18 heavy (non-hydrogen) atoms. The standard InChI is InChI=1S/C14H24N4/c1-4-11-13(15)16-9-17-14(11)18(3)12-8-6-5-7-10(12)2/h9-10,12H,4-8H2,1-3H3,(H2,15,16,17). The van der Waals surface area contributed by atoms with Crippen LogP contribution in [0.25, 0.3) is 0 Å². The van der Waals surface area contributed by atoms with Gasteiger partial charge in [0.15, 0.2) is 0 Å². The van der Waals surface area contributed by atoms with E-state index < -0.39 is 0 Å². The highest BCUT2D eigenvalue weighted by atomic mass is 15.2. The molecule has 4 heteroatoms. The van der Waals surface area contributed by atoms with Crippen molar-refractivity contribution in [2.24, 2.45) is 5.92 Å². The first-order valence-electron chi connectivity index (χ1n) is 6.97. The molecule has 0 saturated heterocycles. The summed E-state index contributed by atoms with van der Waals surface area (Å²) >= 11 is 0. The average molecular weight is 248 g/mol. The van der Waals surface area contributed by atoms with Crippen molar-refractivity contribution >= 4 is 11.6 Å². The smallest absolute Gasteiger partial charge is 0.137 e. The Morgan fingerprint density at radius 1 is 1.33 bits per heavy atom. The Morgan fingerprint density at radius 2 is 2.06 bits per heavy atom. The lowest BCUT2D eigenvalue weighted by atomic mass is 9.85. The Labute approximate surface area is 110 Å². The van der Waals surface area contributed by atoms with Gasteiger partial charge in [-0.3, -0.25) is 0 Å². The molecular weight excluding hydrogens is 224 g/mol. The van der Waals surface area contributed by atoms with E-state index in [1.807, 2.05) is 0 Å². The van der Waals surface area contributed by atoms with Crippen molar-refractivity contribution in [1.29, 1.82) is 0 Å². The van der Waals surface area contributed by atoms with E-state index in [9.17, 15) is 0 Å². The highest BCUT2D eigenvalue weighted by Crippen LogP contribution is 2.31. The number of nitrogens with two attached hydrogens (primary N) is 1. The number of anilines is 2. The summed E-state index contributed by atoms with van der Waals surface area (Å²) in [4.78, 5) is 10.9. The van der Waals surface area contributed by atoms with Crippen molar-refractivity contribution in [1.82, 2.24) is 9.97 Å². The number of rotatable bonds is 3. The average Bonchev–Trinajstić information content (AvgIpc) is 2.38. The summed E-state index contributed by atoms with van der Waals surface area (Å²) in [7, 11) is 2.15. The molecule has 1 aromatic rings. The van der Waals surface area contributed by atoms with E-state index in [0.29, 0.717) is 11.9 Å². The van der Waals surface area contributed by atoms with E-state index in [4.69, 9.17) is 5.73 Å². The van der Waals surface area contributed by atoms with Gasteiger partial charge in [0.2, 0.25) is 0 Å². The van der Waals surface area contributed by atoms with Crippen LogP contribution in [0.2, 0.25) is 0 Å². The molecule has 0 spiro atoms. The summed E-state index contributed by atoms with van der Waals surface area (Å²) in [5.74, 6) is 2.37. The first-order chi connectivity index (χ1) is 8.65. The Bertz CT molecular complexity index is 405. The number of hydrogen-bond acceptors (Lipinski definition) is 4. The fourth-order valence-electron chi connectivity index (χ4n) is 3.09. The van der Waals surface area contributed by atoms with Crippen LogP contribution in [0.1, 0.15) is 45.1 Å². The van der Waals surface area contributed by atoms with Gasteiger partial charge in [0.1, 0.15) is 18.0 Å². The molecule has 1 saturated carbocycles. The molecule has 1 heterocycles. The van der Waals surface area contributed by atoms with E-state index in [1.54, 1.807) is 6.33 Å². The van der Waals surface area contributed by atoms with Gasteiger partial charge in [0, 0.05) is 18.7 Å². The molecule has 1 aromatic heterocycles. The summed E-state index contributed by atoms with van der Waals surface area (Å²) in [6, 6.07) is 0.582. The van der Waals surface area contributed by atoms with Crippen LogP contribution in [0, 0.1) is 5.92 Å². The molecule has 100 valence electrons. The normalized spacial score (nSPS) is 23.9. The van der Waals surface area contributed by atoms with Crippen molar-refractivity contribution in [3.05, 3.63) is 11.9 Å². The van der Waals surface area contributed by atoms with Gasteiger partial charge in [0.05, 0.1) is 0 Å². The second kappa shape index (κ2) is 5.55. The quantitative estimate of drug-likeness (QED) is 0.893. The molecular formula is C14H24N4. The number of aromatic nitrogens is 2. The minimum Gasteiger partial charge on any atom is -0.383 e. The Hall–Kier alpha value is -1.32. The molecule has 1 aliphatic carbocycles. The van der Waals surface area contributed by atoms with Crippen LogP contribution in [0.3, 0.4) is 0 Å². The molecule has 2 unspecified atom stereocenters. The molecule has 1 fully saturated rings. The SMILES string of the molecule is CCc1c(N)ncnc1N(C)C1CCCCC1C.